The highest BCUT2D eigenvalue weighted by atomic mass is 31.2. The number of hydrogen-bond donors (Lipinski definition) is 3. The Balaban J connectivity index is 5.38. The summed E-state index contributed by atoms with van der Waals surface area (Å²) in [6.07, 6.45) is 75.1. The van der Waals surface area contributed by atoms with Crippen LogP contribution in [0.2, 0.25) is 0 Å². The standard InChI is InChI=1S/C79H136O17P2/c1-5-9-13-17-21-25-29-31-33-35-36-38-39-41-45-48-52-56-60-64-77(82)90-70-75(96-79(84)66-62-58-54-50-46-42-40-37-34-32-30-26-22-18-14-10-6-2)72-94-98(87,88)92-68-73(80)67-91-97(85,86)93-71-74(95-78(83)65-61-57-53-49-44-28-24-20-16-12-8-4)69-89-76(81)63-59-55-51-47-43-27-23-19-15-11-7-3/h9-10,13-14,21-22,25-26,31-34,36,38,40-42,45,73-75,80H,5-8,11-12,15-20,23-24,27-30,35,37,39,43-44,46-72H2,1-4H3,(H,85,86)(H,87,88)/b13-9-,14-10-,25-21-,26-22-,33-31-,34-32-,38-36-,42-40-,45-41-. The molecule has 0 aromatic rings. The molecule has 0 aliphatic rings. The van der Waals surface area contributed by atoms with Crippen molar-refractivity contribution in [3.8, 4) is 0 Å². The minimum absolute atomic E-state index is 0.0580. The maximum Gasteiger partial charge on any atom is 0.472 e. The lowest BCUT2D eigenvalue weighted by atomic mass is 10.1. The van der Waals surface area contributed by atoms with Gasteiger partial charge in [0.05, 0.1) is 26.4 Å². The second-order valence-electron chi connectivity index (χ2n) is 25.2. The molecule has 5 atom stereocenters. The number of aliphatic hydroxyl groups is 1. The quantitative estimate of drug-likeness (QED) is 0.0169. The van der Waals surface area contributed by atoms with Gasteiger partial charge in [0.1, 0.15) is 19.3 Å². The van der Waals surface area contributed by atoms with E-state index in [9.17, 15) is 43.2 Å². The Morgan fingerprint density at radius 3 is 0.827 bits per heavy atom. The summed E-state index contributed by atoms with van der Waals surface area (Å²) in [5.74, 6) is -2.23. The summed E-state index contributed by atoms with van der Waals surface area (Å²) in [6, 6.07) is 0. The molecule has 0 heterocycles. The van der Waals surface area contributed by atoms with Gasteiger partial charge in [-0.15, -0.1) is 0 Å². The monoisotopic (exact) mass is 1420 g/mol. The highest BCUT2D eigenvalue weighted by Gasteiger charge is 2.30. The summed E-state index contributed by atoms with van der Waals surface area (Å²) in [4.78, 5) is 72.8. The predicted octanol–water partition coefficient (Wildman–Crippen LogP) is 21.8. The molecule has 0 amide bonds. The Hall–Kier alpha value is -4.28. The number of unbranched alkanes of at least 4 members (excludes halogenated alkanes) is 27. The minimum atomic E-state index is -4.99. The molecule has 3 N–H and O–H groups in total. The van der Waals surface area contributed by atoms with E-state index in [1.54, 1.807) is 0 Å². The van der Waals surface area contributed by atoms with Crippen molar-refractivity contribution in [1.29, 1.82) is 0 Å². The van der Waals surface area contributed by atoms with Crippen LogP contribution in [0.4, 0.5) is 0 Å². The van der Waals surface area contributed by atoms with Gasteiger partial charge < -0.3 is 33.8 Å². The fraction of sp³-hybridized carbons (Fsp3) is 0.722. The van der Waals surface area contributed by atoms with Gasteiger partial charge in [-0.2, -0.15) is 0 Å². The van der Waals surface area contributed by atoms with Gasteiger partial charge in [-0.1, -0.05) is 285 Å². The topological polar surface area (TPSA) is 237 Å². The third kappa shape index (κ3) is 70.2. The van der Waals surface area contributed by atoms with Crippen LogP contribution in [0.15, 0.2) is 109 Å². The summed E-state index contributed by atoms with van der Waals surface area (Å²) < 4.78 is 68.4. The van der Waals surface area contributed by atoms with Gasteiger partial charge in [-0.05, 0) is 109 Å². The smallest absolute Gasteiger partial charge is 0.462 e. The lowest BCUT2D eigenvalue weighted by Crippen LogP contribution is -2.30. The molecule has 98 heavy (non-hydrogen) atoms. The van der Waals surface area contributed by atoms with Crippen molar-refractivity contribution in [3.05, 3.63) is 109 Å². The van der Waals surface area contributed by atoms with Gasteiger partial charge in [0.25, 0.3) is 0 Å². The van der Waals surface area contributed by atoms with Crippen molar-refractivity contribution in [2.24, 2.45) is 0 Å². The highest BCUT2D eigenvalue weighted by Crippen LogP contribution is 2.45. The number of rotatable bonds is 71. The largest absolute Gasteiger partial charge is 0.472 e. The van der Waals surface area contributed by atoms with Crippen molar-refractivity contribution in [1.82, 2.24) is 0 Å². The molecule has 0 spiro atoms. The maximum absolute atomic E-state index is 13.1. The van der Waals surface area contributed by atoms with Crippen LogP contribution >= 0.6 is 15.6 Å². The highest BCUT2D eigenvalue weighted by molar-refractivity contribution is 7.47. The minimum Gasteiger partial charge on any atom is -0.462 e. The number of phosphoric ester groups is 2. The number of carbonyl (C=O) groups is 4. The van der Waals surface area contributed by atoms with Crippen LogP contribution in [0.5, 0.6) is 0 Å². The first kappa shape index (κ1) is 93.7. The summed E-state index contributed by atoms with van der Waals surface area (Å²) in [5, 5.41) is 10.6. The fourth-order valence-electron chi connectivity index (χ4n) is 10.0. The maximum atomic E-state index is 13.1. The average molecular weight is 1420 g/mol. The van der Waals surface area contributed by atoms with E-state index in [4.69, 9.17) is 37.0 Å². The number of phosphoric acid groups is 2. The Kier molecular flexibility index (Phi) is 68.0. The number of carbonyl (C=O) groups excluding carboxylic acids is 4. The van der Waals surface area contributed by atoms with Crippen molar-refractivity contribution >= 4 is 39.5 Å². The molecule has 0 bridgehead atoms. The molecule has 564 valence electrons. The number of hydrogen-bond acceptors (Lipinski definition) is 15. The first-order valence-electron chi connectivity index (χ1n) is 38.1. The van der Waals surface area contributed by atoms with Crippen LogP contribution < -0.4 is 0 Å². The molecule has 0 aromatic carbocycles. The number of esters is 4. The van der Waals surface area contributed by atoms with Crippen LogP contribution in [0.3, 0.4) is 0 Å². The van der Waals surface area contributed by atoms with E-state index in [-0.39, 0.29) is 25.7 Å². The zero-order valence-corrected chi connectivity index (χ0v) is 63.2. The Bertz CT molecular complexity index is 2290. The summed E-state index contributed by atoms with van der Waals surface area (Å²) in [5.41, 5.74) is 0. The van der Waals surface area contributed by atoms with Gasteiger partial charge in [0.15, 0.2) is 12.2 Å². The molecule has 0 radical (unpaired) electrons. The van der Waals surface area contributed by atoms with Crippen LogP contribution in [-0.4, -0.2) is 96.7 Å². The molecule has 0 saturated heterocycles. The average Bonchev–Trinajstić information content (AvgIpc) is 0.979. The SMILES string of the molecule is CC/C=C\C/C=C\C/C=C\C/C=C\C/C=C\CCCCCC(=O)OCC(COP(=O)(O)OCC(O)COP(=O)(O)OCC(COC(=O)CCCCCCCCCCCCC)OC(=O)CCCCCCCCCCCCC)OC(=O)CCCCCC/C=C\C/C=C\C/C=C\C/C=C\CC. The van der Waals surface area contributed by atoms with Gasteiger partial charge in [-0.3, -0.25) is 37.3 Å². The number of ether oxygens (including phenoxy) is 4. The van der Waals surface area contributed by atoms with Crippen LogP contribution in [0.25, 0.3) is 0 Å². The molecule has 0 fully saturated rings. The van der Waals surface area contributed by atoms with Gasteiger partial charge in [0, 0.05) is 25.7 Å². The lowest BCUT2D eigenvalue weighted by Gasteiger charge is -2.21. The van der Waals surface area contributed by atoms with Crippen molar-refractivity contribution in [2.45, 2.75) is 329 Å². The van der Waals surface area contributed by atoms with E-state index in [2.05, 4.69) is 137 Å². The first-order chi connectivity index (χ1) is 47.7. The van der Waals surface area contributed by atoms with E-state index in [0.29, 0.717) is 25.7 Å². The Morgan fingerprint density at radius 2 is 0.531 bits per heavy atom. The third-order valence-electron chi connectivity index (χ3n) is 15.8. The van der Waals surface area contributed by atoms with Gasteiger partial charge >= 0.3 is 39.5 Å². The zero-order valence-electron chi connectivity index (χ0n) is 61.4. The van der Waals surface area contributed by atoms with E-state index < -0.39 is 97.5 Å². The van der Waals surface area contributed by atoms with E-state index in [1.165, 1.54) is 83.5 Å². The fourth-order valence-corrected chi connectivity index (χ4v) is 11.6. The molecule has 5 unspecified atom stereocenters. The van der Waals surface area contributed by atoms with Crippen molar-refractivity contribution in [2.75, 3.05) is 39.6 Å². The van der Waals surface area contributed by atoms with Gasteiger partial charge in [-0.25, -0.2) is 9.13 Å². The van der Waals surface area contributed by atoms with Crippen LogP contribution in [0.1, 0.15) is 310 Å². The summed E-state index contributed by atoms with van der Waals surface area (Å²) >= 11 is 0. The second-order valence-corrected chi connectivity index (χ2v) is 28.1. The molecule has 0 aliphatic carbocycles. The molecule has 19 heteroatoms. The van der Waals surface area contributed by atoms with Crippen molar-refractivity contribution < 1.29 is 80.2 Å². The Labute approximate surface area is 594 Å². The van der Waals surface area contributed by atoms with E-state index in [0.717, 1.165) is 148 Å². The molecule has 0 aliphatic heterocycles. The molecule has 0 aromatic heterocycles. The molecule has 17 nitrogen and oxygen atoms in total. The second kappa shape index (κ2) is 71.1. The summed E-state index contributed by atoms with van der Waals surface area (Å²) in [6.45, 7) is 4.58. The van der Waals surface area contributed by atoms with E-state index in [1.807, 2.05) is 0 Å². The van der Waals surface area contributed by atoms with Crippen LogP contribution in [0, 0.1) is 0 Å². The van der Waals surface area contributed by atoms with Gasteiger partial charge in [0.2, 0.25) is 0 Å². The predicted molar refractivity (Wildman–Crippen MR) is 399 cm³/mol. The molecular formula is C79H136O17P2. The zero-order chi connectivity index (χ0) is 71.8. The number of allylic oxidation sites excluding steroid dienone is 18. The summed E-state index contributed by atoms with van der Waals surface area (Å²) in [7, 11) is -9.96. The lowest BCUT2D eigenvalue weighted by molar-refractivity contribution is -0.161. The molecule has 0 rings (SSSR count). The molecule has 0 saturated carbocycles. The van der Waals surface area contributed by atoms with Crippen molar-refractivity contribution in [3.63, 3.8) is 0 Å². The normalized spacial score (nSPS) is 14.6. The molecular weight excluding hydrogens is 1280 g/mol. The number of aliphatic hydroxyl groups excluding tert-OH is 1. The van der Waals surface area contributed by atoms with E-state index >= 15 is 0 Å². The third-order valence-corrected chi connectivity index (χ3v) is 17.7. The first-order valence-corrected chi connectivity index (χ1v) is 41.1. The Morgan fingerprint density at radius 1 is 0.296 bits per heavy atom. The van der Waals surface area contributed by atoms with Crippen LogP contribution in [-0.2, 0) is 65.4 Å².